The van der Waals surface area contributed by atoms with Gasteiger partial charge in [-0.3, -0.25) is 9.69 Å². The van der Waals surface area contributed by atoms with E-state index < -0.39 is 0 Å². The van der Waals surface area contributed by atoms with Crippen molar-refractivity contribution in [2.24, 2.45) is 0 Å². The monoisotopic (exact) mass is 357 g/mol. The SMILES string of the molecule is Cc1c(Cl)cccc1NC(=O)[C@H](C)N(C)Cc1nc2ccccc2o1. The van der Waals surface area contributed by atoms with Crippen LogP contribution in [0.5, 0.6) is 0 Å². The Kier molecular flexibility index (Phi) is 5.06. The molecule has 3 aromatic rings. The summed E-state index contributed by atoms with van der Waals surface area (Å²) in [6.07, 6.45) is 0. The molecule has 0 fully saturated rings. The molecule has 1 amide bonds. The van der Waals surface area contributed by atoms with Gasteiger partial charge >= 0.3 is 0 Å². The van der Waals surface area contributed by atoms with Crippen molar-refractivity contribution >= 4 is 34.3 Å². The van der Waals surface area contributed by atoms with E-state index in [4.69, 9.17) is 16.0 Å². The first-order chi connectivity index (χ1) is 12.0. The first-order valence-electron chi connectivity index (χ1n) is 8.06. The number of para-hydroxylation sites is 2. The third-order valence-corrected chi connectivity index (χ3v) is 4.70. The third-order valence-electron chi connectivity index (χ3n) is 4.29. The number of rotatable bonds is 5. The molecule has 0 radical (unpaired) electrons. The Morgan fingerprint density at radius 3 is 2.80 bits per heavy atom. The van der Waals surface area contributed by atoms with Gasteiger partial charge in [-0.1, -0.05) is 29.8 Å². The number of amides is 1. The summed E-state index contributed by atoms with van der Waals surface area (Å²) in [7, 11) is 1.87. The molecule has 1 aromatic heterocycles. The fraction of sp³-hybridized carbons (Fsp3) is 0.263. The van der Waals surface area contributed by atoms with Crippen LogP contribution in [0, 0.1) is 6.92 Å². The van der Waals surface area contributed by atoms with E-state index in [2.05, 4.69) is 10.3 Å². The number of nitrogens with one attached hydrogen (secondary N) is 1. The van der Waals surface area contributed by atoms with Crippen LogP contribution >= 0.6 is 11.6 Å². The van der Waals surface area contributed by atoms with E-state index in [0.717, 1.165) is 22.4 Å². The van der Waals surface area contributed by atoms with Crippen LogP contribution in [0.25, 0.3) is 11.1 Å². The number of carbonyl (C=O) groups is 1. The van der Waals surface area contributed by atoms with Crippen molar-refractivity contribution in [1.82, 2.24) is 9.88 Å². The van der Waals surface area contributed by atoms with E-state index in [1.165, 1.54) is 0 Å². The van der Waals surface area contributed by atoms with Gasteiger partial charge < -0.3 is 9.73 Å². The summed E-state index contributed by atoms with van der Waals surface area (Å²) in [4.78, 5) is 18.9. The van der Waals surface area contributed by atoms with E-state index in [1.807, 2.05) is 62.2 Å². The lowest BCUT2D eigenvalue weighted by Crippen LogP contribution is -2.39. The highest BCUT2D eigenvalue weighted by Gasteiger charge is 2.21. The van der Waals surface area contributed by atoms with Gasteiger partial charge in [-0.25, -0.2) is 4.98 Å². The highest BCUT2D eigenvalue weighted by molar-refractivity contribution is 6.31. The average Bonchev–Trinajstić information content (AvgIpc) is 3.00. The van der Waals surface area contributed by atoms with Crippen molar-refractivity contribution in [2.45, 2.75) is 26.4 Å². The third kappa shape index (κ3) is 3.83. The normalized spacial score (nSPS) is 12.5. The summed E-state index contributed by atoms with van der Waals surface area (Å²) in [5.74, 6) is 0.478. The maximum atomic E-state index is 12.5. The van der Waals surface area contributed by atoms with Gasteiger partial charge in [0.1, 0.15) is 5.52 Å². The van der Waals surface area contributed by atoms with Gasteiger partial charge in [0.2, 0.25) is 11.8 Å². The summed E-state index contributed by atoms with van der Waals surface area (Å²) >= 11 is 6.10. The molecule has 0 aliphatic rings. The Hall–Kier alpha value is -2.37. The smallest absolute Gasteiger partial charge is 0.241 e. The predicted molar refractivity (Wildman–Crippen MR) is 99.8 cm³/mol. The maximum Gasteiger partial charge on any atom is 0.241 e. The molecule has 1 heterocycles. The standard InChI is InChI=1S/C19H20ClN3O2/c1-12-14(20)7-6-9-15(12)22-19(24)13(2)23(3)11-18-21-16-8-4-5-10-17(16)25-18/h4-10,13H,11H2,1-3H3,(H,22,24)/t13-/m0/s1. The van der Waals surface area contributed by atoms with Gasteiger partial charge in [0, 0.05) is 10.7 Å². The van der Waals surface area contributed by atoms with Gasteiger partial charge in [0.05, 0.1) is 12.6 Å². The number of carbonyl (C=O) groups excluding carboxylic acids is 1. The van der Waals surface area contributed by atoms with Gasteiger partial charge in [0.15, 0.2) is 5.58 Å². The highest BCUT2D eigenvalue weighted by atomic mass is 35.5. The molecule has 0 aliphatic carbocycles. The molecular weight excluding hydrogens is 338 g/mol. The number of anilines is 1. The largest absolute Gasteiger partial charge is 0.439 e. The minimum atomic E-state index is -0.353. The zero-order chi connectivity index (χ0) is 18.0. The number of hydrogen-bond donors (Lipinski definition) is 1. The minimum Gasteiger partial charge on any atom is -0.439 e. The summed E-state index contributed by atoms with van der Waals surface area (Å²) in [6.45, 7) is 4.17. The maximum absolute atomic E-state index is 12.5. The second-order valence-electron chi connectivity index (χ2n) is 6.07. The Balaban J connectivity index is 1.67. The summed E-state index contributed by atoms with van der Waals surface area (Å²) in [6, 6.07) is 12.7. The molecule has 1 N–H and O–H groups in total. The van der Waals surface area contributed by atoms with E-state index in [1.54, 1.807) is 6.07 Å². The Labute approximate surface area is 151 Å². The molecule has 5 nitrogen and oxygen atoms in total. The second-order valence-corrected chi connectivity index (χ2v) is 6.48. The van der Waals surface area contributed by atoms with Crippen LogP contribution in [0.2, 0.25) is 5.02 Å². The minimum absolute atomic E-state index is 0.107. The quantitative estimate of drug-likeness (QED) is 0.741. The molecule has 130 valence electrons. The van der Waals surface area contributed by atoms with Gasteiger partial charge in [-0.15, -0.1) is 0 Å². The van der Waals surface area contributed by atoms with Crippen LogP contribution in [0.1, 0.15) is 18.4 Å². The highest BCUT2D eigenvalue weighted by Crippen LogP contribution is 2.23. The molecule has 0 aliphatic heterocycles. The molecule has 3 rings (SSSR count). The Morgan fingerprint density at radius 1 is 1.28 bits per heavy atom. The zero-order valence-corrected chi connectivity index (χ0v) is 15.2. The molecule has 1 atom stereocenters. The molecular formula is C19H20ClN3O2. The molecule has 0 saturated carbocycles. The lowest BCUT2D eigenvalue weighted by Gasteiger charge is -2.23. The number of benzene rings is 2. The zero-order valence-electron chi connectivity index (χ0n) is 14.4. The van der Waals surface area contributed by atoms with Crippen LogP contribution in [0.15, 0.2) is 46.9 Å². The van der Waals surface area contributed by atoms with Crippen molar-refractivity contribution in [2.75, 3.05) is 12.4 Å². The predicted octanol–water partition coefficient (Wildman–Crippen LogP) is 4.25. The van der Waals surface area contributed by atoms with Crippen LogP contribution < -0.4 is 5.32 Å². The molecule has 0 bridgehead atoms. The summed E-state index contributed by atoms with van der Waals surface area (Å²) < 4.78 is 5.72. The Morgan fingerprint density at radius 2 is 2.04 bits per heavy atom. The second kappa shape index (κ2) is 7.25. The van der Waals surface area contributed by atoms with Crippen molar-refractivity contribution in [3.05, 3.63) is 58.9 Å². The first-order valence-corrected chi connectivity index (χ1v) is 8.44. The van der Waals surface area contributed by atoms with Crippen molar-refractivity contribution in [3.63, 3.8) is 0 Å². The number of nitrogens with zero attached hydrogens (tertiary/aromatic N) is 2. The summed E-state index contributed by atoms with van der Waals surface area (Å²) in [5.41, 5.74) is 3.14. The number of fused-ring (bicyclic) bond motifs is 1. The Bertz CT molecular complexity index is 874. The van der Waals surface area contributed by atoms with Crippen molar-refractivity contribution in [1.29, 1.82) is 0 Å². The number of likely N-dealkylation sites (N-methyl/N-ethyl adjacent to an activating group) is 1. The fourth-order valence-corrected chi connectivity index (χ4v) is 2.69. The van der Waals surface area contributed by atoms with Gasteiger partial charge in [0.25, 0.3) is 0 Å². The first kappa shape index (κ1) is 17.5. The average molecular weight is 358 g/mol. The molecule has 25 heavy (non-hydrogen) atoms. The van der Waals surface area contributed by atoms with Crippen LogP contribution in [0.3, 0.4) is 0 Å². The number of oxazole rings is 1. The number of hydrogen-bond acceptors (Lipinski definition) is 4. The van der Waals surface area contributed by atoms with Crippen molar-refractivity contribution < 1.29 is 9.21 Å². The fourth-order valence-electron chi connectivity index (χ4n) is 2.52. The lowest BCUT2D eigenvalue weighted by atomic mass is 10.2. The molecule has 2 aromatic carbocycles. The molecule has 0 saturated heterocycles. The van der Waals surface area contributed by atoms with Crippen LogP contribution in [-0.2, 0) is 11.3 Å². The number of halogens is 1. The topological polar surface area (TPSA) is 58.4 Å². The van der Waals surface area contributed by atoms with E-state index >= 15 is 0 Å². The lowest BCUT2D eigenvalue weighted by molar-refractivity contribution is -0.120. The number of aromatic nitrogens is 1. The van der Waals surface area contributed by atoms with Gasteiger partial charge in [-0.2, -0.15) is 0 Å². The van der Waals surface area contributed by atoms with Gasteiger partial charge in [-0.05, 0) is 50.7 Å². The van der Waals surface area contributed by atoms with Crippen LogP contribution in [-0.4, -0.2) is 28.9 Å². The molecule has 0 spiro atoms. The van der Waals surface area contributed by atoms with Crippen LogP contribution in [0.4, 0.5) is 5.69 Å². The molecule has 0 unspecified atom stereocenters. The van der Waals surface area contributed by atoms with E-state index in [9.17, 15) is 4.79 Å². The molecule has 6 heteroatoms. The van der Waals surface area contributed by atoms with E-state index in [0.29, 0.717) is 17.5 Å². The van der Waals surface area contributed by atoms with E-state index in [-0.39, 0.29) is 11.9 Å². The van der Waals surface area contributed by atoms with Crippen molar-refractivity contribution in [3.8, 4) is 0 Å². The summed E-state index contributed by atoms with van der Waals surface area (Å²) in [5, 5.41) is 3.56.